The summed E-state index contributed by atoms with van der Waals surface area (Å²) < 4.78 is 0. The number of fused-ring (bicyclic) bond motifs is 25. The van der Waals surface area contributed by atoms with Crippen LogP contribution in [0, 0.1) is 0 Å². The molecule has 7 aliphatic heterocycles. The minimum Gasteiger partial charge on any atom is -0.365 e. The molecule has 360 valence electrons. The molecule has 1 unspecified atom stereocenters. The average Bonchev–Trinajstić information content (AvgIpc) is 4.47. The molecule has 15 nitrogen and oxygen atoms in total. The number of aromatic amines is 2. The number of hydrogen-bond donors (Lipinski definition) is 5. The van der Waals surface area contributed by atoms with E-state index in [1.54, 1.807) is 0 Å². The molecule has 0 saturated heterocycles. The Kier molecular flexibility index (Phi) is 8.57. The molecule has 0 saturated carbocycles. The van der Waals surface area contributed by atoms with E-state index in [1.165, 1.54) is 0 Å². The fourth-order valence-corrected chi connectivity index (χ4v) is 11.6. The third kappa shape index (κ3) is 6.31. The van der Waals surface area contributed by atoms with Gasteiger partial charge >= 0.3 is 0 Å². The summed E-state index contributed by atoms with van der Waals surface area (Å²) in [7, 11) is 0. The second-order valence-electron chi connectivity index (χ2n) is 19.5. The highest BCUT2D eigenvalue weighted by Crippen LogP contribution is 2.41. The lowest BCUT2D eigenvalue weighted by molar-refractivity contribution is 0.632. The van der Waals surface area contributed by atoms with Gasteiger partial charge in [0.1, 0.15) is 46.9 Å². The predicted octanol–water partition coefficient (Wildman–Crippen LogP) is 11.0. The van der Waals surface area contributed by atoms with Crippen LogP contribution in [0.15, 0.2) is 220 Å². The van der Waals surface area contributed by atoms with E-state index >= 15 is 0 Å². The maximum Gasteiger partial charge on any atom is 0.164 e. The minimum atomic E-state index is -0.413. The van der Waals surface area contributed by atoms with Crippen molar-refractivity contribution in [2.75, 3.05) is 0 Å². The van der Waals surface area contributed by atoms with Gasteiger partial charge in [0.25, 0.3) is 0 Å². The van der Waals surface area contributed by atoms with E-state index in [4.69, 9.17) is 44.9 Å². The molecule has 8 aromatic carbocycles. The van der Waals surface area contributed by atoms with Crippen molar-refractivity contribution in [1.82, 2.24) is 25.9 Å². The van der Waals surface area contributed by atoms with Crippen LogP contribution in [0.3, 0.4) is 0 Å². The third-order valence-electron chi connectivity index (χ3n) is 15.2. The molecule has 0 fully saturated rings. The van der Waals surface area contributed by atoms with Gasteiger partial charge in [0.05, 0.1) is 0 Å². The van der Waals surface area contributed by atoms with E-state index in [1.807, 2.05) is 109 Å². The Bertz CT molecular complexity index is 4700. The molecule has 15 heteroatoms. The number of hydrogen-bond acceptors (Lipinski definition) is 10. The molecule has 5 N–H and O–H groups in total. The van der Waals surface area contributed by atoms with Gasteiger partial charge in [-0.25, -0.2) is 49.9 Å². The number of aromatic nitrogens is 2. The van der Waals surface area contributed by atoms with Crippen molar-refractivity contribution in [3.05, 3.63) is 237 Å². The predicted molar refractivity (Wildman–Crippen MR) is 307 cm³/mol. The number of benzene rings is 8. The highest BCUT2D eigenvalue weighted by atomic mass is 15.2. The molecule has 8 bridgehead atoms. The van der Waals surface area contributed by atoms with Crippen LogP contribution in [-0.2, 0) is 6.54 Å². The molecule has 1 atom stereocenters. The van der Waals surface area contributed by atoms with Gasteiger partial charge in [-0.2, -0.15) is 0 Å². The van der Waals surface area contributed by atoms with Crippen LogP contribution in [0.4, 0.5) is 23.3 Å². The summed E-state index contributed by atoms with van der Waals surface area (Å²) in [6.45, 7) is 0.532. The Balaban J connectivity index is 0.802. The summed E-state index contributed by atoms with van der Waals surface area (Å²) in [6.07, 6.45) is 1.44. The zero-order valence-corrected chi connectivity index (χ0v) is 40.5. The van der Waals surface area contributed by atoms with Crippen LogP contribution >= 0.6 is 0 Å². The van der Waals surface area contributed by atoms with Gasteiger partial charge < -0.3 is 25.9 Å². The largest absolute Gasteiger partial charge is 0.365 e. The molecule has 0 amide bonds. The van der Waals surface area contributed by atoms with Crippen molar-refractivity contribution >= 4 is 114 Å². The normalized spacial score (nSPS) is 18.5. The smallest absolute Gasteiger partial charge is 0.164 e. The zero-order chi connectivity index (χ0) is 50.3. The van der Waals surface area contributed by atoms with E-state index < -0.39 is 6.17 Å². The first-order valence-electron chi connectivity index (χ1n) is 25.4. The summed E-state index contributed by atoms with van der Waals surface area (Å²) in [5, 5.41) is 17.2. The summed E-state index contributed by atoms with van der Waals surface area (Å²) in [6, 6.07) is 57.5. The Labute approximate surface area is 437 Å². The molecule has 0 aliphatic carbocycles. The molecule has 0 spiro atoms. The lowest BCUT2D eigenvalue weighted by Gasteiger charge is -2.16. The molecule has 17 rings (SSSR count). The van der Waals surface area contributed by atoms with E-state index in [-0.39, 0.29) is 0 Å². The number of aliphatic imine (C=N–C) groups is 10. The fourth-order valence-electron chi connectivity index (χ4n) is 11.6. The molecule has 10 aromatic rings. The second kappa shape index (κ2) is 15.9. The average molecular weight is 992 g/mol. The molecular weight excluding hydrogens is 955 g/mol. The topological polar surface area (TPSA) is 191 Å². The molecule has 77 heavy (non-hydrogen) atoms. The molecule has 2 aromatic heterocycles. The molecule has 0 radical (unpaired) electrons. The van der Waals surface area contributed by atoms with Crippen molar-refractivity contribution in [2.24, 2.45) is 49.9 Å². The van der Waals surface area contributed by atoms with Gasteiger partial charge in [0.15, 0.2) is 35.0 Å². The Hall–Kier alpha value is -10.8. The van der Waals surface area contributed by atoms with Crippen LogP contribution in [0.2, 0.25) is 0 Å². The Morgan fingerprint density at radius 1 is 0.429 bits per heavy atom. The number of amidine groups is 9. The lowest BCUT2D eigenvalue weighted by Crippen LogP contribution is -2.36. The van der Waals surface area contributed by atoms with E-state index in [0.717, 1.165) is 105 Å². The Morgan fingerprint density at radius 3 is 1.75 bits per heavy atom. The Morgan fingerprint density at radius 2 is 1.00 bits per heavy atom. The highest BCUT2D eigenvalue weighted by molar-refractivity contribution is 6.30. The van der Waals surface area contributed by atoms with Crippen LogP contribution in [0.1, 0.15) is 72.9 Å². The van der Waals surface area contributed by atoms with Crippen LogP contribution in [0.25, 0.3) is 32.3 Å². The monoisotopic (exact) mass is 991 g/mol. The van der Waals surface area contributed by atoms with Crippen molar-refractivity contribution in [2.45, 2.75) is 12.7 Å². The van der Waals surface area contributed by atoms with E-state index in [0.29, 0.717) is 76.5 Å². The summed E-state index contributed by atoms with van der Waals surface area (Å²) in [5.41, 5.74) is 11.5. The maximum atomic E-state index is 5.46. The van der Waals surface area contributed by atoms with E-state index in [9.17, 15) is 0 Å². The fraction of sp³-hybridized carbons (Fsp3) is 0.0323. The van der Waals surface area contributed by atoms with E-state index in [2.05, 4.69) is 97.6 Å². The van der Waals surface area contributed by atoms with Gasteiger partial charge in [-0.1, -0.05) is 170 Å². The summed E-state index contributed by atoms with van der Waals surface area (Å²) >= 11 is 0. The van der Waals surface area contributed by atoms with Crippen LogP contribution < -0.4 is 16.0 Å². The first kappa shape index (κ1) is 41.6. The van der Waals surface area contributed by atoms with Crippen molar-refractivity contribution in [3.8, 4) is 0 Å². The van der Waals surface area contributed by atoms with Crippen molar-refractivity contribution in [1.29, 1.82) is 0 Å². The van der Waals surface area contributed by atoms with Gasteiger partial charge in [0, 0.05) is 95.5 Å². The minimum absolute atomic E-state index is 0.413. The summed E-state index contributed by atoms with van der Waals surface area (Å²) in [4.78, 5) is 58.6. The number of rotatable bonds is 2. The first-order chi connectivity index (χ1) is 38.1. The molecular formula is C62H37N15. The van der Waals surface area contributed by atoms with Gasteiger partial charge in [0.2, 0.25) is 0 Å². The second-order valence-corrected chi connectivity index (χ2v) is 19.5. The van der Waals surface area contributed by atoms with Gasteiger partial charge in [-0.15, -0.1) is 0 Å². The third-order valence-corrected chi connectivity index (χ3v) is 15.2. The standard InChI is InChI=1S/C62H37N15/c1-2-14-33-32(13-1)29-63-49(33)65-51-34-15-3-5-17-36(34)53(67-51)69-54-37-18-6-4-16-35(37)52(68-54)66-50-44-27-25-31-26-28-45-48(47(31)46(44)30-64-50)62-76-60-43-24-12-11-23-42(43)58(74-60)72-56-39-20-8-7-19-38(39)55(70-56)71-57-40-21-9-10-22-41(40)59(73-57)75-61(45)77-62/h1-29,61,67,70H,30H2,(H,71,73,75)(H,64,66,68,69)(H,72,74,76,77). The maximum absolute atomic E-state index is 5.46. The van der Waals surface area contributed by atoms with Crippen molar-refractivity contribution < 1.29 is 0 Å². The SMILES string of the molecule is C1=NC(=Nc2[nH]c(N=C3N=C(N=C4NCc5c4ccc4ccc6c(c54)C4=NC5=NC(=Nc7[nH]c(c8ccccc78)N=C7N=C(NC6N4)c4ccccc47)c4ccccc45)c4ccccc43)c3ccccc23)c2ccccc21. The number of nitrogens with zero attached hydrogens (tertiary/aromatic N) is 10. The lowest BCUT2D eigenvalue weighted by atomic mass is 9.93. The molecule has 7 aliphatic rings. The highest BCUT2D eigenvalue weighted by Gasteiger charge is 2.36. The summed E-state index contributed by atoms with van der Waals surface area (Å²) in [5.74, 6) is 8.27. The molecule has 9 heterocycles. The first-order valence-corrected chi connectivity index (χ1v) is 25.4. The van der Waals surface area contributed by atoms with Gasteiger partial charge in [-0.3, -0.25) is 0 Å². The number of nitrogens with one attached hydrogen (secondary N) is 5. The zero-order valence-electron chi connectivity index (χ0n) is 40.5. The van der Waals surface area contributed by atoms with Crippen LogP contribution in [0.5, 0.6) is 0 Å². The van der Waals surface area contributed by atoms with Crippen LogP contribution in [-0.4, -0.2) is 68.7 Å². The van der Waals surface area contributed by atoms with Gasteiger partial charge in [-0.05, 0) is 16.3 Å². The quantitative estimate of drug-likeness (QED) is 0.115. The van der Waals surface area contributed by atoms with Crippen molar-refractivity contribution in [3.63, 3.8) is 0 Å². The number of H-pyrrole nitrogens is 2.